The smallest absolute Gasteiger partial charge is 0.364 e. The van der Waals surface area contributed by atoms with Crippen LogP contribution in [0.4, 0.5) is 13.2 Å². The second kappa shape index (κ2) is 7.22. The van der Waals surface area contributed by atoms with E-state index in [2.05, 4.69) is 41.0 Å². The number of hydrogen-bond acceptors (Lipinski definition) is 5. The highest BCUT2D eigenvalue weighted by Crippen LogP contribution is 2.22. The summed E-state index contributed by atoms with van der Waals surface area (Å²) in [4.78, 5) is 4.06. The van der Waals surface area contributed by atoms with Crippen molar-refractivity contribution in [2.75, 3.05) is 13.2 Å². The predicted molar refractivity (Wildman–Crippen MR) is 70.6 cm³/mol. The lowest BCUT2D eigenvalue weighted by Gasteiger charge is -2.30. The molecule has 0 fully saturated rings. The first-order chi connectivity index (χ1) is 9.62. The lowest BCUT2D eigenvalue weighted by Crippen LogP contribution is -2.41. The second-order valence-electron chi connectivity index (χ2n) is 5.89. The van der Waals surface area contributed by atoms with Gasteiger partial charge < -0.3 is 14.6 Å². The Hall–Kier alpha value is -1.15. The van der Waals surface area contributed by atoms with Gasteiger partial charge in [0.25, 0.3) is 0 Å². The highest BCUT2D eigenvalue weighted by Gasteiger charge is 2.28. The molecule has 0 spiro atoms. The number of aromatic nitrogens is 2. The molecule has 1 heterocycles. The molecule has 0 saturated heterocycles. The third-order valence-corrected chi connectivity index (χ3v) is 2.88. The number of alkyl halides is 3. The summed E-state index contributed by atoms with van der Waals surface area (Å²) in [7, 11) is 0. The van der Waals surface area contributed by atoms with Crippen molar-refractivity contribution in [3.8, 4) is 0 Å². The number of halogens is 3. The van der Waals surface area contributed by atoms with E-state index in [1.807, 2.05) is 6.92 Å². The molecule has 0 aliphatic carbocycles. The maximum absolute atomic E-state index is 12.0. The van der Waals surface area contributed by atoms with Crippen LogP contribution in [0, 0.1) is 5.41 Å². The molecule has 1 aromatic heterocycles. The molecule has 0 aromatic carbocycles. The lowest BCUT2D eigenvalue weighted by molar-refractivity contribution is -0.177. The SMILES string of the molecule is CCNC(Cc1nc(COCC(F)(F)F)no1)C(C)(C)C. The van der Waals surface area contributed by atoms with Crippen LogP contribution in [0.15, 0.2) is 4.52 Å². The van der Waals surface area contributed by atoms with E-state index >= 15 is 0 Å². The third-order valence-electron chi connectivity index (χ3n) is 2.88. The summed E-state index contributed by atoms with van der Waals surface area (Å²) < 4.78 is 45.4. The average Bonchev–Trinajstić information content (AvgIpc) is 2.73. The third kappa shape index (κ3) is 6.90. The van der Waals surface area contributed by atoms with E-state index in [1.165, 1.54) is 0 Å². The minimum atomic E-state index is -4.35. The summed E-state index contributed by atoms with van der Waals surface area (Å²) in [6.07, 6.45) is -3.83. The van der Waals surface area contributed by atoms with Crippen molar-refractivity contribution in [1.29, 1.82) is 0 Å². The van der Waals surface area contributed by atoms with Crippen LogP contribution in [-0.4, -0.2) is 35.5 Å². The number of nitrogens with zero attached hydrogens (tertiary/aromatic N) is 2. The normalized spacial score (nSPS) is 14.4. The first kappa shape index (κ1) is 17.9. The Bertz CT molecular complexity index is 427. The molecule has 0 amide bonds. The van der Waals surface area contributed by atoms with Gasteiger partial charge >= 0.3 is 6.18 Å². The van der Waals surface area contributed by atoms with E-state index in [1.54, 1.807) is 0 Å². The van der Waals surface area contributed by atoms with Crippen molar-refractivity contribution >= 4 is 0 Å². The largest absolute Gasteiger partial charge is 0.411 e. The van der Waals surface area contributed by atoms with Crippen molar-refractivity contribution in [3.05, 3.63) is 11.7 Å². The zero-order chi connectivity index (χ0) is 16.1. The Kier molecular flexibility index (Phi) is 6.15. The van der Waals surface area contributed by atoms with Gasteiger partial charge in [0.15, 0.2) is 5.82 Å². The van der Waals surface area contributed by atoms with Gasteiger partial charge in [0.1, 0.15) is 13.2 Å². The van der Waals surface area contributed by atoms with Crippen LogP contribution in [0.2, 0.25) is 0 Å². The molecular weight excluding hydrogens is 287 g/mol. The molecule has 0 aliphatic heterocycles. The fourth-order valence-electron chi connectivity index (χ4n) is 1.80. The van der Waals surface area contributed by atoms with Gasteiger partial charge in [-0.25, -0.2) is 0 Å². The summed E-state index contributed by atoms with van der Waals surface area (Å²) >= 11 is 0. The molecule has 0 aliphatic rings. The number of likely N-dealkylation sites (N-methyl/N-ethyl adjacent to an activating group) is 1. The van der Waals surface area contributed by atoms with Gasteiger partial charge in [0.05, 0.1) is 0 Å². The van der Waals surface area contributed by atoms with E-state index < -0.39 is 12.8 Å². The van der Waals surface area contributed by atoms with Crippen LogP contribution in [0.1, 0.15) is 39.4 Å². The minimum Gasteiger partial charge on any atom is -0.364 e. The van der Waals surface area contributed by atoms with Crippen LogP contribution in [0.3, 0.4) is 0 Å². The van der Waals surface area contributed by atoms with Crippen molar-refractivity contribution in [2.45, 2.75) is 52.9 Å². The maximum Gasteiger partial charge on any atom is 0.411 e. The van der Waals surface area contributed by atoms with E-state index in [0.29, 0.717) is 12.3 Å². The zero-order valence-electron chi connectivity index (χ0n) is 12.8. The number of rotatable bonds is 7. The molecule has 0 radical (unpaired) electrons. The summed E-state index contributed by atoms with van der Waals surface area (Å²) in [6, 6.07) is 0.131. The van der Waals surface area contributed by atoms with Gasteiger partial charge in [-0.1, -0.05) is 32.9 Å². The molecule has 0 saturated carbocycles. The molecule has 1 unspecified atom stereocenters. The first-order valence-electron chi connectivity index (χ1n) is 6.81. The highest BCUT2D eigenvalue weighted by atomic mass is 19.4. The highest BCUT2D eigenvalue weighted by molar-refractivity contribution is 4.92. The average molecular weight is 309 g/mol. The molecule has 1 N–H and O–H groups in total. The predicted octanol–water partition coefficient (Wildman–Crippen LogP) is 2.72. The fourth-order valence-corrected chi connectivity index (χ4v) is 1.80. The molecule has 0 bridgehead atoms. The van der Waals surface area contributed by atoms with Gasteiger partial charge in [-0.3, -0.25) is 0 Å². The Morgan fingerprint density at radius 1 is 1.29 bits per heavy atom. The Morgan fingerprint density at radius 3 is 2.48 bits per heavy atom. The first-order valence-corrected chi connectivity index (χ1v) is 6.81. The zero-order valence-corrected chi connectivity index (χ0v) is 12.8. The number of ether oxygens (including phenoxy) is 1. The molecular formula is C13H22F3N3O2. The van der Waals surface area contributed by atoms with Crippen LogP contribution < -0.4 is 5.32 Å². The second-order valence-corrected chi connectivity index (χ2v) is 5.89. The van der Waals surface area contributed by atoms with Gasteiger partial charge in [-0.15, -0.1) is 0 Å². The van der Waals surface area contributed by atoms with Gasteiger partial charge in [0, 0.05) is 12.5 Å². The molecule has 122 valence electrons. The topological polar surface area (TPSA) is 60.2 Å². The summed E-state index contributed by atoms with van der Waals surface area (Å²) in [5.41, 5.74) is -0.00255. The summed E-state index contributed by atoms with van der Waals surface area (Å²) in [5, 5.41) is 6.96. The number of nitrogens with one attached hydrogen (secondary N) is 1. The van der Waals surface area contributed by atoms with E-state index in [0.717, 1.165) is 6.54 Å². The van der Waals surface area contributed by atoms with Crippen molar-refractivity contribution in [2.24, 2.45) is 5.41 Å². The maximum atomic E-state index is 12.0. The van der Waals surface area contributed by atoms with Gasteiger partial charge in [0.2, 0.25) is 5.89 Å². The van der Waals surface area contributed by atoms with Gasteiger partial charge in [-0.05, 0) is 12.0 Å². The van der Waals surface area contributed by atoms with Crippen LogP contribution in [-0.2, 0) is 17.8 Å². The van der Waals surface area contributed by atoms with E-state index in [9.17, 15) is 13.2 Å². The van der Waals surface area contributed by atoms with Crippen molar-refractivity contribution in [1.82, 2.24) is 15.5 Å². The van der Waals surface area contributed by atoms with Crippen LogP contribution in [0.25, 0.3) is 0 Å². The van der Waals surface area contributed by atoms with Crippen molar-refractivity contribution in [3.63, 3.8) is 0 Å². The standard InChI is InChI=1S/C13H22F3N3O2/c1-5-17-9(12(2,3)4)6-11-18-10(19-21-11)7-20-8-13(14,15)16/h9,17H,5-8H2,1-4H3. The molecule has 1 atom stereocenters. The number of hydrogen-bond donors (Lipinski definition) is 1. The minimum absolute atomic E-state index is 0.00255. The summed E-state index contributed by atoms with van der Waals surface area (Å²) in [5.74, 6) is 0.514. The molecule has 5 nitrogen and oxygen atoms in total. The molecule has 1 aromatic rings. The quantitative estimate of drug-likeness (QED) is 0.839. The van der Waals surface area contributed by atoms with Crippen molar-refractivity contribution < 1.29 is 22.4 Å². The fraction of sp³-hybridized carbons (Fsp3) is 0.846. The molecule has 8 heteroatoms. The monoisotopic (exact) mass is 309 g/mol. The Labute approximate surface area is 122 Å². The Morgan fingerprint density at radius 2 is 1.95 bits per heavy atom. The van der Waals surface area contributed by atoms with E-state index in [4.69, 9.17) is 4.52 Å². The Balaban J connectivity index is 2.54. The van der Waals surface area contributed by atoms with Crippen LogP contribution >= 0.6 is 0 Å². The van der Waals surface area contributed by atoms with Gasteiger partial charge in [-0.2, -0.15) is 18.2 Å². The van der Waals surface area contributed by atoms with Crippen LogP contribution in [0.5, 0.6) is 0 Å². The van der Waals surface area contributed by atoms with E-state index in [-0.39, 0.29) is 23.9 Å². The molecule has 21 heavy (non-hydrogen) atoms. The summed E-state index contributed by atoms with van der Waals surface area (Å²) in [6.45, 7) is 7.43. The molecule has 1 rings (SSSR count). The lowest BCUT2D eigenvalue weighted by atomic mass is 9.84.